The molecule has 0 amide bonds. The normalized spacial score (nSPS) is 13.3. The van der Waals surface area contributed by atoms with Gasteiger partial charge in [-0.2, -0.15) is 0 Å². The van der Waals surface area contributed by atoms with Crippen LogP contribution in [0.3, 0.4) is 0 Å². The first-order valence-electron chi connectivity index (χ1n) is 6.23. The topological polar surface area (TPSA) is 38.7 Å². The van der Waals surface area contributed by atoms with Crippen LogP contribution in [0.2, 0.25) is 6.04 Å². The maximum absolute atomic E-state index is 9.81. The third-order valence-corrected chi connectivity index (χ3v) is 3.37. The van der Waals surface area contributed by atoms with Gasteiger partial charge in [0.25, 0.3) is 0 Å². The number of aliphatic hydroxyl groups excluding tert-OH is 1. The van der Waals surface area contributed by atoms with E-state index in [1.165, 1.54) is 6.04 Å². The van der Waals surface area contributed by atoms with Gasteiger partial charge in [0.1, 0.15) is 6.10 Å². The molecule has 1 N–H and O–H groups in total. The van der Waals surface area contributed by atoms with Crippen LogP contribution in [-0.2, 0) is 9.16 Å². The lowest BCUT2D eigenvalue weighted by atomic mass is 10.1. The summed E-state index contributed by atoms with van der Waals surface area (Å²) in [6.45, 7) is 3.96. The van der Waals surface area contributed by atoms with Crippen LogP contribution in [0.4, 0.5) is 0 Å². The lowest BCUT2D eigenvalue weighted by Crippen LogP contribution is -2.09. The number of rotatable bonds is 9. The van der Waals surface area contributed by atoms with E-state index in [-0.39, 0.29) is 9.76 Å². The van der Waals surface area contributed by atoms with Crippen molar-refractivity contribution in [3.8, 4) is 0 Å². The standard InChI is InChI=1S/C13H22O3Si/c1-2-17-16-10-6-9-15-11-13(14)12-7-4-3-5-8-12/h3-5,7-8,13-14H,2,6,9-11,17H2,1H3. The fourth-order valence-electron chi connectivity index (χ4n) is 1.48. The number of aliphatic hydroxyl groups is 1. The Hall–Kier alpha value is -0.683. The zero-order valence-corrected chi connectivity index (χ0v) is 11.9. The molecule has 0 saturated heterocycles. The Balaban J connectivity index is 2.03. The molecule has 0 saturated carbocycles. The highest BCUT2D eigenvalue weighted by Gasteiger charge is 2.05. The van der Waals surface area contributed by atoms with Crippen molar-refractivity contribution in [2.45, 2.75) is 25.5 Å². The largest absolute Gasteiger partial charge is 0.424 e. The molecule has 0 aliphatic heterocycles. The highest BCUT2D eigenvalue weighted by Crippen LogP contribution is 2.11. The molecule has 0 radical (unpaired) electrons. The minimum absolute atomic E-state index is 0.275. The van der Waals surface area contributed by atoms with E-state index in [2.05, 4.69) is 6.92 Å². The molecular formula is C13H22O3Si. The molecule has 0 bridgehead atoms. The molecule has 0 aliphatic carbocycles. The molecule has 96 valence electrons. The van der Waals surface area contributed by atoms with Crippen molar-refractivity contribution in [3.63, 3.8) is 0 Å². The van der Waals surface area contributed by atoms with E-state index >= 15 is 0 Å². The Labute approximate surface area is 106 Å². The monoisotopic (exact) mass is 254 g/mol. The summed E-state index contributed by atoms with van der Waals surface area (Å²) >= 11 is 0. The average molecular weight is 254 g/mol. The van der Waals surface area contributed by atoms with Crippen molar-refractivity contribution in [2.75, 3.05) is 19.8 Å². The quantitative estimate of drug-likeness (QED) is 0.538. The van der Waals surface area contributed by atoms with Crippen LogP contribution in [-0.4, -0.2) is 34.7 Å². The summed E-state index contributed by atoms with van der Waals surface area (Å²) in [5.74, 6) is 0. The molecule has 1 atom stereocenters. The van der Waals surface area contributed by atoms with Gasteiger partial charge in [0, 0.05) is 13.2 Å². The zero-order chi connectivity index (χ0) is 12.3. The first-order valence-corrected chi connectivity index (χ1v) is 7.80. The number of hydrogen-bond donors (Lipinski definition) is 1. The molecule has 1 unspecified atom stereocenters. The lowest BCUT2D eigenvalue weighted by Gasteiger charge is -2.11. The molecule has 3 nitrogen and oxygen atoms in total. The number of benzene rings is 1. The van der Waals surface area contributed by atoms with Crippen molar-refractivity contribution < 1.29 is 14.3 Å². The van der Waals surface area contributed by atoms with Gasteiger partial charge in [0.15, 0.2) is 9.76 Å². The summed E-state index contributed by atoms with van der Waals surface area (Å²) in [5.41, 5.74) is 0.905. The summed E-state index contributed by atoms with van der Waals surface area (Å²) in [6.07, 6.45) is 0.385. The van der Waals surface area contributed by atoms with Crippen LogP contribution in [0, 0.1) is 0 Å². The molecule has 1 aromatic rings. The summed E-state index contributed by atoms with van der Waals surface area (Å²) < 4.78 is 10.9. The Morgan fingerprint density at radius 2 is 2.00 bits per heavy atom. The van der Waals surface area contributed by atoms with E-state index in [0.717, 1.165) is 18.6 Å². The molecule has 0 heterocycles. The number of ether oxygens (including phenoxy) is 1. The molecule has 0 aliphatic rings. The fourth-order valence-corrected chi connectivity index (χ4v) is 2.17. The molecule has 1 aromatic carbocycles. The van der Waals surface area contributed by atoms with Gasteiger partial charge in [0.05, 0.1) is 6.61 Å². The van der Waals surface area contributed by atoms with Crippen LogP contribution >= 0.6 is 0 Å². The summed E-state index contributed by atoms with van der Waals surface area (Å²) in [4.78, 5) is 0. The maximum atomic E-state index is 9.81. The molecular weight excluding hydrogens is 232 g/mol. The smallest absolute Gasteiger partial charge is 0.161 e. The maximum Gasteiger partial charge on any atom is 0.161 e. The molecule has 17 heavy (non-hydrogen) atoms. The first kappa shape index (κ1) is 14.4. The fraction of sp³-hybridized carbons (Fsp3) is 0.538. The SMILES string of the molecule is CC[SiH2]OCCCOCC(O)c1ccccc1. The second kappa shape index (κ2) is 9.36. The van der Waals surface area contributed by atoms with Crippen molar-refractivity contribution in [3.05, 3.63) is 35.9 Å². The Morgan fingerprint density at radius 3 is 2.71 bits per heavy atom. The summed E-state index contributed by atoms with van der Waals surface area (Å²) in [7, 11) is -0.275. The second-order valence-electron chi connectivity index (χ2n) is 3.97. The van der Waals surface area contributed by atoms with E-state index < -0.39 is 6.10 Å². The molecule has 0 spiro atoms. The van der Waals surface area contributed by atoms with Crippen molar-refractivity contribution in [1.82, 2.24) is 0 Å². The average Bonchev–Trinajstić information content (AvgIpc) is 2.38. The predicted octanol–water partition coefficient (Wildman–Crippen LogP) is 1.67. The van der Waals surface area contributed by atoms with E-state index in [1.54, 1.807) is 0 Å². The van der Waals surface area contributed by atoms with Gasteiger partial charge < -0.3 is 14.3 Å². The summed E-state index contributed by atoms with van der Waals surface area (Å²) in [5, 5.41) is 9.81. The lowest BCUT2D eigenvalue weighted by molar-refractivity contribution is 0.0316. The van der Waals surface area contributed by atoms with Crippen molar-refractivity contribution in [1.29, 1.82) is 0 Å². The molecule has 4 heteroatoms. The van der Waals surface area contributed by atoms with Gasteiger partial charge in [-0.05, 0) is 18.0 Å². The minimum atomic E-state index is -0.526. The van der Waals surface area contributed by atoms with Crippen molar-refractivity contribution >= 4 is 9.76 Å². The third kappa shape index (κ3) is 6.58. The third-order valence-electron chi connectivity index (χ3n) is 2.39. The van der Waals surface area contributed by atoms with Crippen LogP contribution in [0.5, 0.6) is 0 Å². The molecule has 0 fully saturated rings. The van der Waals surface area contributed by atoms with E-state index in [1.807, 2.05) is 30.3 Å². The summed E-state index contributed by atoms with van der Waals surface area (Å²) in [6, 6.07) is 10.8. The Kier molecular flexibility index (Phi) is 7.91. The van der Waals surface area contributed by atoms with Crippen LogP contribution in [0.15, 0.2) is 30.3 Å². The van der Waals surface area contributed by atoms with Gasteiger partial charge in [0.2, 0.25) is 0 Å². The van der Waals surface area contributed by atoms with Crippen LogP contribution in [0.1, 0.15) is 25.0 Å². The van der Waals surface area contributed by atoms with E-state index in [9.17, 15) is 5.11 Å². The van der Waals surface area contributed by atoms with Gasteiger partial charge in [-0.3, -0.25) is 0 Å². The number of hydrogen-bond acceptors (Lipinski definition) is 3. The van der Waals surface area contributed by atoms with Gasteiger partial charge in [-0.1, -0.05) is 37.3 Å². The highest BCUT2D eigenvalue weighted by atomic mass is 28.2. The molecule has 0 aromatic heterocycles. The second-order valence-corrected chi connectivity index (χ2v) is 5.78. The van der Waals surface area contributed by atoms with Crippen LogP contribution in [0.25, 0.3) is 0 Å². The predicted molar refractivity (Wildman–Crippen MR) is 71.8 cm³/mol. The van der Waals surface area contributed by atoms with E-state index in [0.29, 0.717) is 13.2 Å². The van der Waals surface area contributed by atoms with E-state index in [4.69, 9.17) is 9.16 Å². The Morgan fingerprint density at radius 1 is 1.24 bits per heavy atom. The first-order chi connectivity index (χ1) is 8.34. The zero-order valence-electron chi connectivity index (χ0n) is 10.5. The van der Waals surface area contributed by atoms with Crippen molar-refractivity contribution in [2.24, 2.45) is 0 Å². The minimum Gasteiger partial charge on any atom is -0.424 e. The Bertz CT molecular complexity index is 279. The van der Waals surface area contributed by atoms with Gasteiger partial charge in [-0.15, -0.1) is 0 Å². The molecule has 1 rings (SSSR count). The van der Waals surface area contributed by atoms with Gasteiger partial charge in [-0.25, -0.2) is 0 Å². The van der Waals surface area contributed by atoms with Gasteiger partial charge >= 0.3 is 0 Å². The highest BCUT2D eigenvalue weighted by molar-refractivity contribution is 6.26. The van der Waals surface area contributed by atoms with Crippen LogP contribution < -0.4 is 0 Å².